The maximum Gasteiger partial charge on any atom is 0.347 e. The number of hydrogen-bond donors (Lipinski definition) is 0. The number of benzene rings is 2. The molecule has 136 valence electrons. The Bertz CT molecular complexity index is 853. The van der Waals surface area contributed by atoms with Crippen LogP contribution in [0.1, 0.15) is 18.1 Å². The van der Waals surface area contributed by atoms with Crippen LogP contribution < -0.4 is 9.47 Å². The van der Waals surface area contributed by atoms with Gasteiger partial charge in [-0.2, -0.15) is 0 Å². The molecule has 0 N–H and O–H groups in total. The van der Waals surface area contributed by atoms with Gasteiger partial charge in [0.25, 0.3) is 0 Å². The van der Waals surface area contributed by atoms with E-state index in [4.69, 9.17) is 19.0 Å². The topological polar surface area (TPSA) is 66.4 Å². The molecule has 3 rings (SSSR count). The van der Waals surface area contributed by atoms with Crippen molar-refractivity contribution in [3.05, 3.63) is 59.2 Å². The summed E-state index contributed by atoms with van der Waals surface area (Å²) in [6.45, 7) is 1.02. The number of carbonyl (C=O) groups is 1. The second-order valence-corrected chi connectivity index (χ2v) is 5.39. The SMILES string of the molecule is CC(=NOCC(=O)OCc1cccc(F)c1F)c1ccc2c(c1)OCO2. The molecule has 0 aliphatic carbocycles. The highest BCUT2D eigenvalue weighted by Crippen LogP contribution is 2.32. The van der Waals surface area contributed by atoms with Crippen molar-refractivity contribution in [1.29, 1.82) is 0 Å². The van der Waals surface area contributed by atoms with Crippen molar-refractivity contribution >= 4 is 11.7 Å². The molecule has 2 aromatic carbocycles. The number of carbonyl (C=O) groups excluding carboxylic acids is 1. The van der Waals surface area contributed by atoms with Crippen LogP contribution in [0.5, 0.6) is 11.5 Å². The lowest BCUT2D eigenvalue weighted by Gasteiger charge is -2.06. The van der Waals surface area contributed by atoms with Gasteiger partial charge in [0, 0.05) is 11.1 Å². The minimum atomic E-state index is -1.04. The van der Waals surface area contributed by atoms with Gasteiger partial charge in [0.2, 0.25) is 13.4 Å². The Balaban J connectivity index is 1.49. The Morgan fingerprint density at radius 2 is 2.00 bits per heavy atom. The van der Waals surface area contributed by atoms with Crippen molar-refractivity contribution in [1.82, 2.24) is 0 Å². The number of ether oxygens (including phenoxy) is 3. The predicted molar refractivity (Wildman–Crippen MR) is 86.9 cm³/mol. The zero-order valence-corrected chi connectivity index (χ0v) is 13.8. The molecule has 0 fully saturated rings. The molecule has 0 unspecified atom stereocenters. The second kappa shape index (κ2) is 7.81. The van der Waals surface area contributed by atoms with Gasteiger partial charge in [-0.3, -0.25) is 0 Å². The maximum absolute atomic E-state index is 13.5. The van der Waals surface area contributed by atoms with E-state index in [1.165, 1.54) is 12.1 Å². The summed E-state index contributed by atoms with van der Waals surface area (Å²) in [6, 6.07) is 8.91. The van der Waals surface area contributed by atoms with Crippen LogP contribution in [0.2, 0.25) is 0 Å². The third kappa shape index (κ3) is 4.08. The van der Waals surface area contributed by atoms with Crippen molar-refractivity contribution in [2.75, 3.05) is 13.4 Å². The molecule has 1 aliphatic rings. The third-order valence-corrected chi connectivity index (χ3v) is 3.59. The van der Waals surface area contributed by atoms with E-state index >= 15 is 0 Å². The van der Waals surface area contributed by atoms with E-state index in [-0.39, 0.29) is 12.4 Å². The average Bonchev–Trinajstić information content (AvgIpc) is 3.10. The first kappa shape index (κ1) is 17.7. The predicted octanol–water partition coefficient (Wildman–Crippen LogP) is 3.18. The van der Waals surface area contributed by atoms with Crippen LogP contribution in [-0.4, -0.2) is 25.1 Å². The molecule has 0 spiro atoms. The standard InChI is InChI=1S/C18H15F2NO5/c1-11(12-5-6-15-16(7-12)25-10-24-15)21-26-9-17(22)23-8-13-3-2-4-14(19)18(13)20/h2-7H,8-10H2,1H3. The first-order valence-corrected chi connectivity index (χ1v) is 7.69. The summed E-state index contributed by atoms with van der Waals surface area (Å²) in [5.41, 5.74) is 1.20. The molecule has 1 aliphatic heterocycles. The first-order valence-electron chi connectivity index (χ1n) is 7.69. The zero-order chi connectivity index (χ0) is 18.5. The van der Waals surface area contributed by atoms with E-state index in [0.29, 0.717) is 17.2 Å². The molecule has 0 radical (unpaired) electrons. The summed E-state index contributed by atoms with van der Waals surface area (Å²) in [6.07, 6.45) is 0. The van der Waals surface area contributed by atoms with Crippen molar-refractivity contribution in [2.24, 2.45) is 5.16 Å². The number of rotatable bonds is 6. The van der Waals surface area contributed by atoms with Crippen LogP contribution in [-0.2, 0) is 21.0 Å². The Morgan fingerprint density at radius 3 is 2.85 bits per heavy atom. The van der Waals surface area contributed by atoms with E-state index in [0.717, 1.165) is 11.6 Å². The van der Waals surface area contributed by atoms with Gasteiger partial charge in [-0.25, -0.2) is 13.6 Å². The van der Waals surface area contributed by atoms with Gasteiger partial charge in [-0.1, -0.05) is 17.3 Å². The number of nitrogens with zero attached hydrogens (tertiary/aromatic N) is 1. The van der Waals surface area contributed by atoms with E-state index in [9.17, 15) is 13.6 Å². The normalized spacial score (nSPS) is 12.8. The van der Waals surface area contributed by atoms with Gasteiger partial charge in [0.1, 0.15) is 6.61 Å². The smallest absolute Gasteiger partial charge is 0.347 e. The maximum atomic E-state index is 13.5. The molecular formula is C18H15F2NO5. The van der Waals surface area contributed by atoms with Crippen molar-refractivity contribution < 1.29 is 32.6 Å². The minimum Gasteiger partial charge on any atom is -0.458 e. The van der Waals surface area contributed by atoms with E-state index in [1.807, 2.05) is 0 Å². The van der Waals surface area contributed by atoms with Crippen LogP contribution >= 0.6 is 0 Å². The number of halogens is 2. The van der Waals surface area contributed by atoms with Crippen molar-refractivity contribution in [2.45, 2.75) is 13.5 Å². The molecule has 0 atom stereocenters. The minimum absolute atomic E-state index is 0.0570. The molecule has 26 heavy (non-hydrogen) atoms. The number of oxime groups is 1. The summed E-state index contributed by atoms with van der Waals surface area (Å²) in [5, 5.41) is 3.83. The van der Waals surface area contributed by atoms with Crippen molar-refractivity contribution in [3.8, 4) is 11.5 Å². The highest BCUT2D eigenvalue weighted by molar-refractivity contribution is 5.99. The molecule has 0 saturated carbocycles. The molecule has 0 amide bonds. The van der Waals surface area contributed by atoms with E-state index in [2.05, 4.69) is 5.16 Å². The Labute approximate surface area is 147 Å². The molecule has 8 heteroatoms. The summed E-state index contributed by atoms with van der Waals surface area (Å²) in [4.78, 5) is 16.6. The third-order valence-electron chi connectivity index (χ3n) is 3.59. The summed E-state index contributed by atoms with van der Waals surface area (Å²) < 4.78 is 41.8. The lowest BCUT2D eigenvalue weighted by Crippen LogP contribution is -2.12. The quantitative estimate of drug-likeness (QED) is 0.448. The van der Waals surface area contributed by atoms with Crippen LogP contribution in [0.15, 0.2) is 41.6 Å². The lowest BCUT2D eigenvalue weighted by molar-refractivity contribution is -0.150. The first-order chi connectivity index (χ1) is 12.5. The fourth-order valence-electron chi connectivity index (χ4n) is 2.22. The molecular weight excluding hydrogens is 348 g/mol. The number of fused-ring (bicyclic) bond motifs is 1. The zero-order valence-electron chi connectivity index (χ0n) is 13.8. The summed E-state index contributed by atoms with van der Waals surface area (Å²) in [5.74, 6) is -1.54. The van der Waals surface area contributed by atoms with Crippen molar-refractivity contribution in [3.63, 3.8) is 0 Å². The second-order valence-electron chi connectivity index (χ2n) is 5.39. The number of hydrogen-bond acceptors (Lipinski definition) is 6. The molecule has 0 saturated heterocycles. The Hall–Kier alpha value is -3.16. The van der Waals surface area contributed by atoms with Crippen LogP contribution in [0.25, 0.3) is 0 Å². The van der Waals surface area contributed by atoms with Gasteiger partial charge < -0.3 is 19.0 Å². The van der Waals surface area contributed by atoms with Gasteiger partial charge >= 0.3 is 5.97 Å². The van der Waals surface area contributed by atoms with Crippen LogP contribution in [0.3, 0.4) is 0 Å². The Morgan fingerprint density at radius 1 is 1.19 bits per heavy atom. The van der Waals surface area contributed by atoms with Gasteiger partial charge in [0.15, 0.2) is 23.1 Å². The van der Waals surface area contributed by atoms with Crippen LogP contribution in [0, 0.1) is 11.6 Å². The van der Waals surface area contributed by atoms with Gasteiger partial charge in [0.05, 0.1) is 5.71 Å². The highest BCUT2D eigenvalue weighted by atomic mass is 19.2. The fourth-order valence-corrected chi connectivity index (χ4v) is 2.22. The number of esters is 1. The molecule has 2 aromatic rings. The summed E-state index contributed by atoms with van der Waals surface area (Å²) >= 11 is 0. The van der Waals surface area contributed by atoms with Gasteiger partial charge in [-0.05, 0) is 31.2 Å². The molecule has 0 bridgehead atoms. The molecule has 1 heterocycles. The fraction of sp³-hybridized carbons (Fsp3) is 0.222. The van der Waals surface area contributed by atoms with E-state index < -0.39 is 30.8 Å². The van der Waals surface area contributed by atoms with Gasteiger partial charge in [-0.15, -0.1) is 0 Å². The monoisotopic (exact) mass is 363 g/mol. The lowest BCUT2D eigenvalue weighted by atomic mass is 10.1. The largest absolute Gasteiger partial charge is 0.458 e. The van der Waals surface area contributed by atoms with E-state index in [1.54, 1.807) is 25.1 Å². The highest BCUT2D eigenvalue weighted by Gasteiger charge is 2.14. The van der Waals surface area contributed by atoms with Crippen LogP contribution in [0.4, 0.5) is 8.78 Å². The average molecular weight is 363 g/mol. The molecule has 6 nitrogen and oxygen atoms in total. The molecule has 0 aromatic heterocycles. The summed E-state index contributed by atoms with van der Waals surface area (Å²) in [7, 11) is 0. The Kier molecular flexibility index (Phi) is 5.31.